The van der Waals surface area contributed by atoms with Crippen LogP contribution in [0.1, 0.15) is 42.6 Å². The van der Waals surface area contributed by atoms with Crippen LogP contribution in [0.2, 0.25) is 5.02 Å². The van der Waals surface area contributed by atoms with E-state index in [1.165, 1.54) is 32.1 Å². The van der Waals surface area contributed by atoms with Crippen LogP contribution in [0, 0.1) is 0 Å². The lowest BCUT2D eigenvalue weighted by Gasteiger charge is -2.30. The van der Waals surface area contributed by atoms with Gasteiger partial charge in [-0.2, -0.15) is 0 Å². The van der Waals surface area contributed by atoms with E-state index < -0.39 is 0 Å². The predicted octanol–water partition coefficient (Wildman–Crippen LogP) is 3.70. The Hall–Kier alpha value is -1.35. The van der Waals surface area contributed by atoms with Gasteiger partial charge in [0.2, 0.25) is 5.78 Å². The Morgan fingerprint density at radius 2 is 2.16 bits per heavy atom. The topological polar surface area (TPSA) is 33.2 Å². The van der Waals surface area contributed by atoms with Crippen LogP contribution in [-0.4, -0.2) is 28.8 Å². The third kappa shape index (κ3) is 4.06. The van der Waals surface area contributed by atoms with Crippen molar-refractivity contribution in [3.63, 3.8) is 0 Å². The van der Waals surface area contributed by atoms with Crippen LogP contribution in [0.5, 0.6) is 0 Å². The van der Waals surface area contributed by atoms with Crippen molar-refractivity contribution in [3.8, 4) is 0 Å². The molecule has 1 aromatic heterocycles. The molecule has 0 amide bonds. The van der Waals surface area contributed by atoms with Gasteiger partial charge in [0.25, 0.3) is 0 Å². The quantitative estimate of drug-likeness (QED) is 0.622. The standard InChI is InChI=1S/C15H19ClN2O/c1-18(13-5-3-2-4-6-13)10-8-15(19)14-11-12(16)7-9-17-14/h7-11,13H,2-6H2,1H3/b10-8+. The Balaban J connectivity index is 1.95. The van der Waals surface area contributed by atoms with Crippen molar-refractivity contribution in [1.29, 1.82) is 0 Å². The van der Waals surface area contributed by atoms with Crippen LogP contribution in [0.25, 0.3) is 0 Å². The number of allylic oxidation sites excluding steroid dienone is 1. The average molecular weight is 279 g/mol. The molecule has 0 saturated heterocycles. The SMILES string of the molecule is CN(/C=C/C(=O)c1cc(Cl)ccn1)C1CCCCC1. The number of ketones is 1. The number of nitrogens with zero attached hydrogens (tertiary/aromatic N) is 2. The fourth-order valence-corrected chi connectivity index (χ4v) is 2.58. The molecular weight excluding hydrogens is 260 g/mol. The number of hydrogen-bond acceptors (Lipinski definition) is 3. The Morgan fingerprint density at radius 1 is 1.42 bits per heavy atom. The molecule has 0 unspecified atom stereocenters. The van der Waals surface area contributed by atoms with Crippen LogP contribution in [-0.2, 0) is 0 Å². The fourth-order valence-electron chi connectivity index (χ4n) is 2.42. The number of aromatic nitrogens is 1. The van der Waals surface area contributed by atoms with Gasteiger partial charge in [0.05, 0.1) is 0 Å². The zero-order chi connectivity index (χ0) is 13.7. The highest BCUT2D eigenvalue weighted by Gasteiger charge is 2.15. The molecule has 1 saturated carbocycles. The Bertz CT molecular complexity index is 467. The molecule has 0 spiro atoms. The molecule has 0 radical (unpaired) electrons. The van der Waals surface area contributed by atoms with Gasteiger partial charge in [0.15, 0.2) is 0 Å². The molecule has 0 bridgehead atoms. The number of halogens is 1. The molecule has 1 fully saturated rings. The van der Waals surface area contributed by atoms with E-state index in [1.807, 2.05) is 13.2 Å². The molecule has 1 aliphatic carbocycles. The molecule has 3 nitrogen and oxygen atoms in total. The summed E-state index contributed by atoms with van der Waals surface area (Å²) in [6, 6.07) is 3.82. The minimum atomic E-state index is -0.106. The second kappa shape index (κ2) is 6.71. The summed E-state index contributed by atoms with van der Waals surface area (Å²) in [6.45, 7) is 0. The fraction of sp³-hybridized carbons (Fsp3) is 0.467. The average Bonchev–Trinajstić information content (AvgIpc) is 2.45. The lowest BCUT2D eigenvalue weighted by molar-refractivity contribution is 0.104. The number of carbonyl (C=O) groups is 1. The number of carbonyl (C=O) groups excluding carboxylic acids is 1. The summed E-state index contributed by atoms with van der Waals surface area (Å²) in [5.74, 6) is -0.106. The van der Waals surface area contributed by atoms with E-state index in [9.17, 15) is 4.79 Å². The zero-order valence-corrected chi connectivity index (χ0v) is 11.9. The lowest BCUT2D eigenvalue weighted by atomic mass is 9.95. The monoisotopic (exact) mass is 278 g/mol. The minimum Gasteiger partial charge on any atom is -0.377 e. The summed E-state index contributed by atoms with van der Waals surface area (Å²) in [6.07, 6.45) is 11.3. The number of hydrogen-bond donors (Lipinski definition) is 0. The molecule has 0 aromatic carbocycles. The van der Waals surface area contributed by atoms with Crippen molar-refractivity contribution >= 4 is 17.4 Å². The largest absolute Gasteiger partial charge is 0.377 e. The second-order valence-corrected chi connectivity index (χ2v) is 5.43. The first-order valence-electron chi connectivity index (χ1n) is 6.73. The first kappa shape index (κ1) is 14.1. The van der Waals surface area contributed by atoms with E-state index in [0.717, 1.165) is 0 Å². The number of pyridine rings is 1. The van der Waals surface area contributed by atoms with Crippen LogP contribution >= 0.6 is 11.6 Å². The third-order valence-corrected chi connectivity index (χ3v) is 3.82. The molecule has 102 valence electrons. The van der Waals surface area contributed by atoms with Gasteiger partial charge in [-0.15, -0.1) is 0 Å². The Kier molecular flexibility index (Phi) is 4.97. The maximum Gasteiger partial charge on any atom is 0.205 e. The van der Waals surface area contributed by atoms with Crippen molar-refractivity contribution in [2.75, 3.05) is 7.05 Å². The smallest absolute Gasteiger partial charge is 0.205 e. The highest BCUT2D eigenvalue weighted by Crippen LogP contribution is 2.21. The molecular formula is C15H19ClN2O. The van der Waals surface area contributed by atoms with Gasteiger partial charge in [0.1, 0.15) is 5.69 Å². The summed E-state index contributed by atoms with van der Waals surface area (Å²) < 4.78 is 0. The van der Waals surface area contributed by atoms with Gasteiger partial charge >= 0.3 is 0 Å². The number of rotatable bonds is 4. The first-order valence-corrected chi connectivity index (χ1v) is 7.10. The third-order valence-electron chi connectivity index (χ3n) is 3.59. The van der Waals surface area contributed by atoms with E-state index in [2.05, 4.69) is 9.88 Å². The zero-order valence-electron chi connectivity index (χ0n) is 11.2. The lowest BCUT2D eigenvalue weighted by Crippen LogP contribution is -2.29. The highest BCUT2D eigenvalue weighted by molar-refractivity contribution is 6.31. The summed E-state index contributed by atoms with van der Waals surface area (Å²) in [7, 11) is 2.03. The van der Waals surface area contributed by atoms with Gasteiger partial charge < -0.3 is 4.90 Å². The summed E-state index contributed by atoms with van der Waals surface area (Å²) >= 11 is 5.85. The van der Waals surface area contributed by atoms with Crippen LogP contribution in [0.15, 0.2) is 30.6 Å². The molecule has 19 heavy (non-hydrogen) atoms. The van der Waals surface area contributed by atoms with Gasteiger partial charge in [0, 0.05) is 36.6 Å². The molecule has 2 rings (SSSR count). The minimum absolute atomic E-state index is 0.106. The molecule has 4 heteroatoms. The van der Waals surface area contributed by atoms with Gasteiger partial charge in [-0.25, -0.2) is 0 Å². The maximum atomic E-state index is 11.9. The van der Waals surface area contributed by atoms with E-state index in [4.69, 9.17) is 11.6 Å². The summed E-state index contributed by atoms with van der Waals surface area (Å²) in [5.41, 5.74) is 0.390. The molecule has 0 atom stereocenters. The van der Waals surface area contributed by atoms with Crippen LogP contribution in [0.3, 0.4) is 0 Å². The van der Waals surface area contributed by atoms with Gasteiger partial charge in [-0.3, -0.25) is 9.78 Å². The summed E-state index contributed by atoms with van der Waals surface area (Å²) in [4.78, 5) is 18.1. The van der Waals surface area contributed by atoms with Crippen molar-refractivity contribution in [2.45, 2.75) is 38.1 Å². The Labute approximate surface area is 119 Å². The molecule has 0 aliphatic heterocycles. The van der Waals surface area contributed by atoms with E-state index in [1.54, 1.807) is 24.4 Å². The molecule has 1 aromatic rings. The van der Waals surface area contributed by atoms with Crippen LogP contribution < -0.4 is 0 Å². The van der Waals surface area contributed by atoms with Crippen molar-refractivity contribution in [1.82, 2.24) is 9.88 Å². The van der Waals surface area contributed by atoms with Crippen molar-refractivity contribution in [3.05, 3.63) is 41.3 Å². The van der Waals surface area contributed by atoms with E-state index >= 15 is 0 Å². The Morgan fingerprint density at radius 3 is 2.84 bits per heavy atom. The molecule has 1 heterocycles. The van der Waals surface area contributed by atoms with Crippen molar-refractivity contribution < 1.29 is 4.79 Å². The van der Waals surface area contributed by atoms with E-state index in [0.29, 0.717) is 16.8 Å². The summed E-state index contributed by atoms with van der Waals surface area (Å²) in [5, 5.41) is 0.535. The second-order valence-electron chi connectivity index (χ2n) is 5.00. The van der Waals surface area contributed by atoms with Gasteiger partial charge in [-0.1, -0.05) is 30.9 Å². The predicted molar refractivity (Wildman–Crippen MR) is 77.4 cm³/mol. The first-order chi connectivity index (χ1) is 9.16. The molecule has 1 aliphatic rings. The van der Waals surface area contributed by atoms with Crippen molar-refractivity contribution in [2.24, 2.45) is 0 Å². The normalized spacial score (nSPS) is 16.7. The maximum absolute atomic E-state index is 11.9. The van der Waals surface area contributed by atoms with E-state index in [-0.39, 0.29) is 5.78 Å². The molecule has 0 N–H and O–H groups in total. The highest BCUT2D eigenvalue weighted by atomic mass is 35.5. The van der Waals surface area contributed by atoms with Gasteiger partial charge in [-0.05, 0) is 25.0 Å². The van der Waals surface area contributed by atoms with Crippen LogP contribution in [0.4, 0.5) is 0 Å².